The van der Waals surface area contributed by atoms with Crippen molar-refractivity contribution in [1.29, 1.82) is 0 Å². The van der Waals surface area contributed by atoms with E-state index >= 15 is 0 Å². The normalized spacial score (nSPS) is 18.1. The number of nitrogens with zero attached hydrogens (tertiary/aromatic N) is 1. The van der Waals surface area contributed by atoms with Crippen LogP contribution in [0, 0.1) is 5.92 Å². The van der Waals surface area contributed by atoms with E-state index in [1.807, 2.05) is 0 Å². The summed E-state index contributed by atoms with van der Waals surface area (Å²) in [5.74, 6) is 0.677. The van der Waals surface area contributed by atoms with Crippen molar-refractivity contribution in [2.75, 3.05) is 26.7 Å². The first-order chi connectivity index (χ1) is 7.26. The summed E-state index contributed by atoms with van der Waals surface area (Å²) in [7, 11) is 1.46. The minimum absolute atomic E-state index is 0.118. The van der Waals surface area contributed by atoms with Crippen molar-refractivity contribution < 1.29 is 9.53 Å². The largest absolute Gasteiger partial charge is 0.468 e. The maximum Gasteiger partial charge on any atom is 0.319 e. The summed E-state index contributed by atoms with van der Waals surface area (Å²) in [6.07, 6.45) is 6.77. The predicted octanol–water partition coefficient (Wildman–Crippen LogP) is 2.06. The lowest BCUT2D eigenvalue weighted by atomic mass is 9.89. The van der Waals surface area contributed by atoms with Crippen LogP contribution in [0.3, 0.4) is 0 Å². The molecule has 0 radical (unpaired) electrons. The minimum atomic E-state index is -0.118. The van der Waals surface area contributed by atoms with E-state index in [-0.39, 0.29) is 5.97 Å². The molecule has 0 aromatic rings. The van der Waals surface area contributed by atoms with E-state index in [2.05, 4.69) is 11.8 Å². The second-order valence-electron chi connectivity index (χ2n) is 4.41. The summed E-state index contributed by atoms with van der Waals surface area (Å²) >= 11 is 0. The number of hydrogen-bond acceptors (Lipinski definition) is 3. The van der Waals surface area contributed by atoms with Crippen LogP contribution >= 0.6 is 0 Å². The molecular formula is C12H23NO2. The van der Waals surface area contributed by atoms with Gasteiger partial charge in [-0.25, -0.2) is 0 Å². The number of esters is 1. The SMILES string of the molecule is CCN(CC(=O)OC)CC1CCCCC1. The second-order valence-corrected chi connectivity index (χ2v) is 4.41. The Morgan fingerprint density at radius 2 is 2.00 bits per heavy atom. The Hall–Kier alpha value is -0.570. The summed E-state index contributed by atoms with van der Waals surface area (Å²) < 4.78 is 4.69. The van der Waals surface area contributed by atoms with Crippen molar-refractivity contribution in [2.24, 2.45) is 5.92 Å². The Bertz CT molecular complexity index is 188. The van der Waals surface area contributed by atoms with E-state index < -0.39 is 0 Å². The molecule has 15 heavy (non-hydrogen) atoms. The van der Waals surface area contributed by atoms with E-state index in [1.54, 1.807) is 0 Å². The standard InChI is InChI=1S/C12H23NO2/c1-3-13(10-12(14)15-2)9-11-7-5-4-6-8-11/h11H,3-10H2,1-2H3. The average Bonchev–Trinajstić information content (AvgIpc) is 2.29. The van der Waals surface area contributed by atoms with Crippen molar-refractivity contribution >= 4 is 5.97 Å². The van der Waals surface area contributed by atoms with E-state index in [0.717, 1.165) is 19.0 Å². The number of rotatable bonds is 5. The van der Waals surface area contributed by atoms with E-state index in [0.29, 0.717) is 6.54 Å². The molecule has 0 unspecified atom stereocenters. The molecular weight excluding hydrogens is 190 g/mol. The molecule has 0 bridgehead atoms. The van der Waals surface area contributed by atoms with Crippen molar-refractivity contribution in [3.63, 3.8) is 0 Å². The highest BCUT2D eigenvalue weighted by Gasteiger charge is 2.17. The van der Waals surface area contributed by atoms with Crippen molar-refractivity contribution in [1.82, 2.24) is 4.90 Å². The third kappa shape index (κ3) is 4.65. The molecule has 0 N–H and O–H groups in total. The first kappa shape index (κ1) is 12.5. The number of methoxy groups -OCH3 is 1. The highest BCUT2D eigenvalue weighted by atomic mass is 16.5. The molecule has 0 heterocycles. The van der Waals surface area contributed by atoms with Crippen LogP contribution in [0.5, 0.6) is 0 Å². The average molecular weight is 213 g/mol. The van der Waals surface area contributed by atoms with Gasteiger partial charge in [-0.3, -0.25) is 9.69 Å². The Morgan fingerprint density at radius 1 is 1.33 bits per heavy atom. The van der Waals surface area contributed by atoms with Gasteiger partial charge in [-0.15, -0.1) is 0 Å². The lowest BCUT2D eigenvalue weighted by molar-refractivity contribution is -0.142. The third-order valence-electron chi connectivity index (χ3n) is 3.27. The number of hydrogen-bond donors (Lipinski definition) is 0. The predicted molar refractivity (Wildman–Crippen MR) is 60.7 cm³/mol. The second kappa shape index (κ2) is 6.83. The molecule has 88 valence electrons. The fourth-order valence-electron chi connectivity index (χ4n) is 2.29. The number of carbonyl (C=O) groups is 1. The van der Waals surface area contributed by atoms with Gasteiger partial charge in [0.05, 0.1) is 13.7 Å². The third-order valence-corrected chi connectivity index (χ3v) is 3.27. The molecule has 0 aromatic carbocycles. The van der Waals surface area contributed by atoms with Gasteiger partial charge in [0.15, 0.2) is 0 Å². The zero-order valence-electron chi connectivity index (χ0n) is 10.00. The summed E-state index contributed by atoms with van der Waals surface area (Å²) in [5.41, 5.74) is 0. The first-order valence-corrected chi connectivity index (χ1v) is 6.05. The highest BCUT2D eigenvalue weighted by Crippen LogP contribution is 2.24. The van der Waals surface area contributed by atoms with Gasteiger partial charge in [-0.2, -0.15) is 0 Å². The zero-order valence-corrected chi connectivity index (χ0v) is 10.00. The van der Waals surface area contributed by atoms with Gasteiger partial charge in [0.1, 0.15) is 0 Å². The molecule has 1 saturated carbocycles. The molecule has 1 rings (SSSR count). The topological polar surface area (TPSA) is 29.5 Å². The fourth-order valence-corrected chi connectivity index (χ4v) is 2.29. The Morgan fingerprint density at radius 3 is 2.53 bits per heavy atom. The van der Waals surface area contributed by atoms with E-state index in [4.69, 9.17) is 4.74 Å². The van der Waals surface area contributed by atoms with Crippen LogP contribution in [0.2, 0.25) is 0 Å². The van der Waals surface area contributed by atoms with Gasteiger partial charge in [-0.05, 0) is 25.3 Å². The van der Waals surface area contributed by atoms with Crippen LogP contribution in [0.15, 0.2) is 0 Å². The highest BCUT2D eigenvalue weighted by molar-refractivity contribution is 5.71. The monoisotopic (exact) mass is 213 g/mol. The fraction of sp³-hybridized carbons (Fsp3) is 0.917. The lowest BCUT2D eigenvalue weighted by Gasteiger charge is -2.28. The van der Waals surface area contributed by atoms with Crippen LogP contribution in [0.25, 0.3) is 0 Å². The molecule has 1 aliphatic rings. The molecule has 0 aromatic heterocycles. The molecule has 3 heteroatoms. The Kier molecular flexibility index (Phi) is 5.69. The maximum atomic E-state index is 11.2. The molecule has 0 amide bonds. The van der Waals surface area contributed by atoms with Crippen LogP contribution in [-0.4, -0.2) is 37.6 Å². The molecule has 0 atom stereocenters. The minimum Gasteiger partial charge on any atom is -0.468 e. The quantitative estimate of drug-likeness (QED) is 0.655. The summed E-state index contributed by atoms with van der Waals surface area (Å²) in [6.45, 7) is 4.55. The van der Waals surface area contributed by atoms with Crippen LogP contribution in [0.4, 0.5) is 0 Å². The lowest BCUT2D eigenvalue weighted by Crippen LogP contribution is -2.35. The Balaban J connectivity index is 2.28. The number of carbonyl (C=O) groups excluding carboxylic acids is 1. The van der Waals surface area contributed by atoms with Crippen LogP contribution in [-0.2, 0) is 9.53 Å². The summed E-state index contributed by atoms with van der Waals surface area (Å²) in [6, 6.07) is 0. The van der Waals surface area contributed by atoms with Crippen molar-refractivity contribution in [2.45, 2.75) is 39.0 Å². The molecule has 1 aliphatic carbocycles. The Labute approximate surface area is 92.8 Å². The molecule has 0 aliphatic heterocycles. The number of ether oxygens (including phenoxy) is 1. The van der Waals surface area contributed by atoms with Gasteiger partial charge in [-0.1, -0.05) is 26.2 Å². The van der Waals surface area contributed by atoms with Gasteiger partial charge in [0.25, 0.3) is 0 Å². The van der Waals surface area contributed by atoms with Crippen LogP contribution < -0.4 is 0 Å². The number of likely N-dealkylation sites (N-methyl/N-ethyl adjacent to an activating group) is 1. The van der Waals surface area contributed by atoms with Crippen molar-refractivity contribution in [3.05, 3.63) is 0 Å². The maximum absolute atomic E-state index is 11.2. The van der Waals surface area contributed by atoms with E-state index in [1.165, 1.54) is 39.2 Å². The van der Waals surface area contributed by atoms with Crippen molar-refractivity contribution in [3.8, 4) is 0 Å². The zero-order chi connectivity index (χ0) is 11.1. The summed E-state index contributed by atoms with van der Waals surface area (Å²) in [5, 5.41) is 0. The van der Waals surface area contributed by atoms with Gasteiger partial charge in [0.2, 0.25) is 0 Å². The molecule has 0 saturated heterocycles. The first-order valence-electron chi connectivity index (χ1n) is 6.05. The van der Waals surface area contributed by atoms with Gasteiger partial charge < -0.3 is 4.74 Å². The van der Waals surface area contributed by atoms with Gasteiger partial charge in [0, 0.05) is 6.54 Å². The van der Waals surface area contributed by atoms with Crippen LogP contribution in [0.1, 0.15) is 39.0 Å². The molecule has 0 spiro atoms. The molecule has 1 fully saturated rings. The van der Waals surface area contributed by atoms with Gasteiger partial charge >= 0.3 is 5.97 Å². The van der Waals surface area contributed by atoms with E-state index in [9.17, 15) is 4.79 Å². The summed E-state index contributed by atoms with van der Waals surface area (Å²) in [4.78, 5) is 13.4. The smallest absolute Gasteiger partial charge is 0.319 e. The molecule has 3 nitrogen and oxygen atoms in total.